The van der Waals surface area contributed by atoms with Crippen molar-refractivity contribution in [3.63, 3.8) is 0 Å². The molecule has 6 heteroatoms. The number of hydrogen-bond donors (Lipinski definition) is 0. The van der Waals surface area contributed by atoms with Gasteiger partial charge in [0.15, 0.2) is 9.84 Å². The van der Waals surface area contributed by atoms with Crippen molar-refractivity contribution in [2.75, 3.05) is 18.1 Å². The fourth-order valence-electron chi connectivity index (χ4n) is 1.95. The van der Waals surface area contributed by atoms with Gasteiger partial charge in [-0.25, -0.2) is 13.4 Å². The molecule has 0 bridgehead atoms. The lowest BCUT2D eigenvalue weighted by Gasteiger charge is -2.26. The molecule has 5 nitrogen and oxygen atoms in total. The van der Waals surface area contributed by atoms with Crippen molar-refractivity contribution in [2.45, 2.75) is 47.2 Å². The third kappa shape index (κ3) is 4.62. The first kappa shape index (κ1) is 16.2. The van der Waals surface area contributed by atoms with Crippen molar-refractivity contribution >= 4 is 9.84 Å². The average Bonchev–Trinajstić information content (AvgIpc) is 2.65. The van der Waals surface area contributed by atoms with Crippen LogP contribution in [-0.2, 0) is 16.4 Å². The van der Waals surface area contributed by atoms with E-state index >= 15 is 0 Å². The lowest BCUT2D eigenvalue weighted by molar-refractivity contribution is 0.203. The van der Waals surface area contributed by atoms with Gasteiger partial charge < -0.3 is 4.42 Å². The highest BCUT2D eigenvalue weighted by Gasteiger charge is 2.21. The zero-order chi connectivity index (χ0) is 14.6. The molecule has 0 spiro atoms. The molecule has 0 aliphatic rings. The Labute approximate surface area is 115 Å². The van der Waals surface area contributed by atoms with Gasteiger partial charge in [-0.3, -0.25) is 4.90 Å². The lowest BCUT2D eigenvalue weighted by Crippen LogP contribution is -2.38. The smallest absolute Gasteiger partial charge is 0.208 e. The molecule has 0 aromatic carbocycles. The van der Waals surface area contributed by atoms with Crippen molar-refractivity contribution in [3.05, 3.63) is 17.3 Å². The molecule has 0 aliphatic heterocycles. The number of oxazole rings is 1. The molecule has 0 aliphatic carbocycles. The van der Waals surface area contributed by atoms with Crippen LogP contribution in [0, 0.1) is 13.8 Å². The molecule has 0 fully saturated rings. The first-order chi connectivity index (χ1) is 8.79. The van der Waals surface area contributed by atoms with E-state index in [2.05, 4.69) is 9.88 Å². The van der Waals surface area contributed by atoms with Crippen molar-refractivity contribution < 1.29 is 12.8 Å². The van der Waals surface area contributed by atoms with Gasteiger partial charge in [-0.2, -0.15) is 0 Å². The number of aryl methyl sites for hydroxylation is 2. The van der Waals surface area contributed by atoms with Crippen LogP contribution in [0.25, 0.3) is 0 Å². The second-order valence-corrected chi connectivity index (χ2v) is 7.26. The third-order valence-electron chi connectivity index (χ3n) is 3.38. The topological polar surface area (TPSA) is 63.4 Å². The molecule has 19 heavy (non-hydrogen) atoms. The van der Waals surface area contributed by atoms with Crippen LogP contribution in [0.15, 0.2) is 4.42 Å². The van der Waals surface area contributed by atoms with Gasteiger partial charge in [0, 0.05) is 11.8 Å². The normalized spacial score (nSPS) is 14.0. The number of aromatic nitrogens is 1. The predicted octanol–water partition coefficient (Wildman–Crippen LogP) is 1.94. The third-order valence-corrected chi connectivity index (χ3v) is 5.25. The molecule has 0 amide bonds. The number of rotatable bonds is 7. The maximum atomic E-state index is 11.7. The van der Waals surface area contributed by atoms with Crippen molar-refractivity contribution in [1.82, 2.24) is 9.88 Å². The van der Waals surface area contributed by atoms with Crippen LogP contribution in [0.2, 0.25) is 0 Å². The fraction of sp³-hybridized carbons (Fsp3) is 0.769. The standard InChI is InChI=1S/C13H24N2O3S/c1-6-15(10(3)9-19(16,17)7-2)8-13-14-11(4)12(5)18-13/h10H,6-9H2,1-5H3/t10-/m0/s1. The minimum Gasteiger partial charge on any atom is -0.444 e. The summed E-state index contributed by atoms with van der Waals surface area (Å²) in [6.07, 6.45) is 0. The first-order valence-electron chi connectivity index (χ1n) is 6.66. The summed E-state index contributed by atoms with van der Waals surface area (Å²) in [5.74, 6) is 1.83. The maximum absolute atomic E-state index is 11.7. The highest BCUT2D eigenvalue weighted by molar-refractivity contribution is 7.91. The Balaban J connectivity index is 2.72. The Morgan fingerprint density at radius 2 is 1.95 bits per heavy atom. The molecular formula is C13H24N2O3S. The second-order valence-electron chi connectivity index (χ2n) is 4.86. The summed E-state index contributed by atoms with van der Waals surface area (Å²) in [7, 11) is -2.96. The van der Waals surface area contributed by atoms with Crippen LogP contribution in [0.3, 0.4) is 0 Å². The Hall–Kier alpha value is -0.880. The van der Waals surface area contributed by atoms with Crippen LogP contribution >= 0.6 is 0 Å². The minimum absolute atomic E-state index is 0.0394. The molecule has 1 atom stereocenters. The molecule has 0 unspecified atom stereocenters. The van der Waals surface area contributed by atoms with Crippen LogP contribution in [-0.4, -0.2) is 42.4 Å². The number of sulfone groups is 1. The summed E-state index contributed by atoms with van der Waals surface area (Å²) >= 11 is 0. The van der Waals surface area contributed by atoms with Gasteiger partial charge in [0.25, 0.3) is 0 Å². The van der Waals surface area contributed by atoms with Crippen LogP contribution < -0.4 is 0 Å². The first-order valence-corrected chi connectivity index (χ1v) is 8.48. The van der Waals surface area contributed by atoms with Gasteiger partial charge in [-0.15, -0.1) is 0 Å². The molecule has 0 saturated heterocycles. The molecule has 0 radical (unpaired) electrons. The van der Waals surface area contributed by atoms with E-state index in [1.165, 1.54) is 0 Å². The minimum atomic E-state index is -2.96. The molecule has 1 rings (SSSR count). The number of hydrogen-bond acceptors (Lipinski definition) is 5. The van der Waals surface area contributed by atoms with Gasteiger partial charge in [0.05, 0.1) is 18.0 Å². The summed E-state index contributed by atoms with van der Waals surface area (Å²) in [5.41, 5.74) is 0.889. The Morgan fingerprint density at radius 1 is 1.32 bits per heavy atom. The van der Waals surface area contributed by atoms with Gasteiger partial charge in [0.1, 0.15) is 5.76 Å². The Bertz CT molecular complexity index is 488. The summed E-state index contributed by atoms with van der Waals surface area (Å²) in [5, 5.41) is 0. The second kappa shape index (κ2) is 6.52. The van der Waals surface area contributed by atoms with Crippen LogP contribution in [0.1, 0.15) is 38.1 Å². The predicted molar refractivity (Wildman–Crippen MR) is 75.9 cm³/mol. The highest BCUT2D eigenvalue weighted by Crippen LogP contribution is 2.13. The zero-order valence-corrected chi connectivity index (χ0v) is 13.2. The molecule has 1 aromatic heterocycles. The van der Waals surface area contributed by atoms with Gasteiger partial charge in [0.2, 0.25) is 5.89 Å². The van der Waals surface area contributed by atoms with E-state index in [-0.39, 0.29) is 17.5 Å². The molecule has 110 valence electrons. The van der Waals surface area contributed by atoms with Crippen molar-refractivity contribution in [1.29, 1.82) is 0 Å². The van der Waals surface area contributed by atoms with E-state index in [1.54, 1.807) is 6.92 Å². The Morgan fingerprint density at radius 3 is 2.37 bits per heavy atom. The maximum Gasteiger partial charge on any atom is 0.208 e. The number of nitrogens with zero attached hydrogens (tertiary/aromatic N) is 2. The van der Waals surface area contributed by atoms with Crippen molar-refractivity contribution in [2.24, 2.45) is 0 Å². The van der Waals surface area contributed by atoms with E-state index in [9.17, 15) is 8.42 Å². The summed E-state index contributed by atoms with van der Waals surface area (Å²) in [6, 6.07) is -0.0394. The SMILES string of the molecule is CCN(Cc1nc(C)c(C)o1)[C@@H](C)CS(=O)(=O)CC. The fourth-order valence-corrected chi connectivity index (χ4v) is 3.13. The van der Waals surface area contributed by atoms with E-state index in [0.717, 1.165) is 18.0 Å². The largest absolute Gasteiger partial charge is 0.444 e. The van der Waals surface area contributed by atoms with Gasteiger partial charge in [-0.05, 0) is 27.3 Å². The molecular weight excluding hydrogens is 264 g/mol. The molecule has 0 saturated carbocycles. The monoisotopic (exact) mass is 288 g/mol. The lowest BCUT2D eigenvalue weighted by atomic mass is 10.3. The Kier molecular flexibility index (Phi) is 5.55. The van der Waals surface area contributed by atoms with Gasteiger partial charge >= 0.3 is 0 Å². The molecule has 1 heterocycles. The van der Waals surface area contributed by atoms with Crippen molar-refractivity contribution in [3.8, 4) is 0 Å². The van der Waals surface area contributed by atoms with Crippen LogP contribution in [0.5, 0.6) is 0 Å². The molecule has 0 N–H and O–H groups in total. The highest BCUT2D eigenvalue weighted by atomic mass is 32.2. The van der Waals surface area contributed by atoms with E-state index < -0.39 is 9.84 Å². The average molecular weight is 288 g/mol. The summed E-state index contributed by atoms with van der Waals surface area (Å²) in [4.78, 5) is 6.41. The zero-order valence-electron chi connectivity index (χ0n) is 12.4. The van der Waals surface area contributed by atoms with E-state index in [0.29, 0.717) is 12.4 Å². The summed E-state index contributed by atoms with van der Waals surface area (Å²) in [6.45, 7) is 10.7. The van der Waals surface area contributed by atoms with E-state index in [4.69, 9.17) is 4.42 Å². The van der Waals surface area contributed by atoms with Crippen LogP contribution in [0.4, 0.5) is 0 Å². The van der Waals surface area contributed by atoms with Gasteiger partial charge in [-0.1, -0.05) is 13.8 Å². The summed E-state index contributed by atoms with van der Waals surface area (Å²) < 4.78 is 28.9. The quantitative estimate of drug-likeness (QED) is 0.767. The van der Waals surface area contributed by atoms with E-state index in [1.807, 2.05) is 27.7 Å². The molecule has 1 aromatic rings.